The number of hydrogen-bond acceptors (Lipinski definition) is 1. The summed E-state index contributed by atoms with van der Waals surface area (Å²) >= 11 is 0. The molecule has 0 saturated heterocycles. The van der Waals surface area contributed by atoms with Gasteiger partial charge in [-0.15, -0.1) is 6.58 Å². The van der Waals surface area contributed by atoms with Crippen LogP contribution in [0.2, 0.25) is 0 Å². The van der Waals surface area contributed by atoms with Gasteiger partial charge in [0.2, 0.25) is 0 Å². The lowest BCUT2D eigenvalue weighted by Gasteiger charge is -2.31. The normalized spacial score (nSPS) is 34.5. The van der Waals surface area contributed by atoms with E-state index in [1.165, 1.54) is 5.57 Å². The minimum absolute atomic E-state index is 0.0920. The molecule has 0 spiro atoms. The molecule has 0 radical (unpaired) electrons. The molecule has 0 aliphatic heterocycles. The Morgan fingerprint density at radius 2 is 2.14 bits per heavy atom. The monoisotopic (exact) mass is 185 g/mol. The van der Waals surface area contributed by atoms with Gasteiger partial charge in [0.15, 0.2) is 0 Å². The lowest BCUT2D eigenvalue weighted by Crippen LogP contribution is -2.29. The highest BCUT2D eigenvalue weighted by molar-refractivity contribution is 5.48. The highest BCUT2D eigenvalue weighted by Gasteiger charge is 2.39. The third-order valence-corrected chi connectivity index (χ3v) is 3.27. The average Bonchev–Trinajstić information content (AvgIpc) is 2.44. The number of nitrogens with two attached hydrogens (primary N) is 1. The van der Waals surface area contributed by atoms with Gasteiger partial charge in [-0.3, -0.25) is 0 Å². The van der Waals surface area contributed by atoms with Crippen LogP contribution in [0, 0.1) is 11.3 Å². The van der Waals surface area contributed by atoms with Crippen molar-refractivity contribution in [2.75, 3.05) is 0 Å². The van der Waals surface area contributed by atoms with Gasteiger partial charge in [-0.05, 0) is 18.6 Å². The first-order valence-electron chi connectivity index (χ1n) is 4.85. The molecule has 0 aromatic carbocycles. The summed E-state index contributed by atoms with van der Waals surface area (Å²) in [5.74, 6) is 0.310. The number of fused-ring (bicyclic) bond motifs is 1. The second-order valence-corrected chi connectivity index (χ2v) is 3.95. The van der Waals surface area contributed by atoms with E-state index in [1.54, 1.807) is 0 Å². The first kappa shape index (κ1) is 9.07. The minimum Gasteiger partial charge on any atom is -0.401 e. The Hall–Kier alpha value is -1.50. The zero-order valence-corrected chi connectivity index (χ0v) is 8.40. The smallest absolute Gasteiger partial charge is 0.0416 e. The van der Waals surface area contributed by atoms with E-state index in [9.17, 15) is 0 Å². The summed E-state index contributed by atoms with van der Waals surface area (Å²) in [6.45, 7) is 6.03. The fourth-order valence-electron chi connectivity index (χ4n) is 2.16. The van der Waals surface area contributed by atoms with Gasteiger partial charge in [0, 0.05) is 17.0 Å². The van der Waals surface area contributed by atoms with Crippen molar-refractivity contribution in [1.82, 2.24) is 0 Å². The van der Waals surface area contributed by atoms with Crippen LogP contribution in [0.3, 0.4) is 0 Å². The summed E-state index contributed by atoms with van der Waals surface area (Å²) in [6.07, 6.45) is 14.4. The molecule has 1 heteroatoms. The van der Waals surface area contributed by atoms with Gasteiger partial charge in [-0.25, -0.2) is 0 Å². The van der Waals surface area contributed by atoms with E-state index in [4.69, 9.17) is 5.73 Å². The van der Waals surface area contributed by atoms with E-state index in [1.807, 2.05) is 24.3 Å². The van der Waals surface area contributed by atoms with Crippen molar-refractivity contribution in [2.24, 2.45) is 17.1 Å². The van der Waals surface area contributed by atoms with Crippen molar-refractivity contribution in [3.63, 3.8) is 0 Å². The van der Waals surface area contributed by atoms with Gasteiger partial charge in [-0.1, -0.05) is 36.5 Å². The van der Waals surface area contributed by atoms with Crippen LogP contribution in [0.25, 0.3) is 0 Å². The minimum atomic E-state index is -0.0920. The molecule has 2 rings (SSSR count). The molecule has 1 nitrogen and oxygen atoms in total. The first-order valence-corrected chi connectivity index (χ1v) is 4.85. The highest BCUT2D eigenvalue weighted by Crippen LogP contribution is 2.47. The molecule has 72 valence electrons. The molecule has 0 bridgehead atoms. The average molecular weight is 185 g/mol. The molecule has 0 aromatic rings. The van der Waals surface area contributed by atoms with E-state index in [2.05, 4.69) is 31.7 Å². The summed E-state index contributed by atoms with van der Waals surface area (Å²) in [5.41, 5.74) is 8.19. The third kappa shape index (κ3) is 1.02. The zero-order valence-electron chi connectivity index (χ0n) is 8.40. The van der Waals surface area contributed by atoms with Crippen LogP contribution >= 0.6 is 0 Å². The fraction of sp³-hybridized carbons (Fsp3) is 0.231. The van der Waals surface area contributed by atoms with Crippen LogP contribution in [0.5, 0.6) is 0 Å². The number of hydrogen-bond donors (Lipinski definition) is 1. The van der Waals surface area contributed by atoms with Crippen molar-refractivity contribution in [1.29, 1.82) is 0 Å². The Kier molecular flexibility index (Phi) is 1.95. The summed E-state index contributed by atoms with van der Waals surface area (Å²) in [5, 5.41) is 0. The molecule has 2 aliphatic rings. The van der Waals surface area contributed by atoms with E-state index < -0.39 is 0 Å². The van der Waals surface area contributed by atoms with Crippen molar-refractivity contribution < 1.29 is 0 Å². The van der Waals surface area contributed by atoms with Crippen molar-refractivity contribution in [2.45, 2.75) is 6.92 Å². The standard InChI is InChI=1S/C13H15N/c1-3-10-8-9-11-6-4-5-7-12(14)13(10,11)2/h3-10H,1,14H2,2H3. The van der Waals surface area contributed by atoms with Crippen LogP contribution < -0.4 is 5.73 Å². The molecular formula is C13H15N. The van der Waals surface area contributed by atoms with E-state index in [-0.39, 0.29) is 5.41 Å². The second-order valence-electron chi connectivity index (χ2n) is 3.95. The van der Waals surface area contributed by atoms with Gasteiger partial charge >= 0.3 is 0 Å². The summed E-state index contributed by atoms with van der Waals surface area (Å²) in [7, 11) is 0. The Morgan fingerprint density at radius 1 is 1.43 bits per heavy atom. The topological polar surface area (TPSA) is 26.0 Å². The second kappa shape index (κ2) is 3.02. The van der Waals surface area contributed by atoms with Crippen LogP contribution in [0.1, 0.15) is 6.92 Å². The SMILES string of the molecule is C=CC1C=CC2=CC=CC=C(N)C21C. The van der Waals surface area contributed by atoms with E-state index >= 15 is 0 Å². The maximum absolute atomic E-state index is 6.10. The lowest BCUT2D eigenvalue weighted by molar-refractivity contribution is 0.428. The molecule has 0 amide bonds. The van der Waals surface area contributed by atoms with Gasteiger partial charge in [0.25, 0.3) is 0 Å². The number of rotatable bonds is 1. The summed E-state index contributed by atoms with van der Waals surface area (Å²) in [4.78, 5) is 0. The van der Waals surface area contributed by atoms with Crippen molar-refractivity contribution in [3.8, 4) is 0 Å². The Morgan fingerprint density at radius 3 is 2.86 bits per heavy atom. The van der Waals surface area contributed by atoms with Gasteiger partial charge in [0.05, 0.1) is 0 Å². The Bertz CT molecular complexity index is 382. The molecule has 0 saturated carbocycles. The lowest BCUT2D eigenvalue weighted by atomic mass is 9.73. The zero-order chi connectivity index (χ0) is 10.2. The third-order valence-electron chi connectivity index (χ3n) is 3.27. The molecule has 0 aromatic heterocycles. The van der Waals surface area contributed by atoms with Crippen LogP contribution in [0.15, 0.2) is 60.4 Å². The first-order chi connectivity index (χ1) is 6.69. The summed E-state index contributed by atoms with van der Waals surface area (Å²) in [6, 6.07) is 0. The fourth-order valence-corrected chi connectivity index (χ4v) is 2.16. The predicted octanol–water partition coefficient (Wildman–Crippen LogP) is 2.70. The molecule has 0 heterocycles. The molecular weight excluding hydrogens is 170 g/mol. The van der Waals surface area contributed by atoms with Crippen LogP contribution in [-0.2, 0) is 0 Å². The maximum atomic E-state index is 6.10. The molecule has 2 atom stereocenters. The van der Waals surface area contributed by atoms with Crippen molar-refractivity contribution >= 4 is 0 Å². The Balaban J connectivity index is 2.56. The van der Waals surface area contributed by atoms with Crippen LogP contribution in [0.4, 0.5) is 0 Å². The van der Waals surface area contributed by atoms with E-state index in [0.29, 0.717) is 5.92 Å². The Labute approximate surface area is 85.0 Å². The summed E-state index contributed by atoms with van der Waals surface area (Å²) < 4.78 is 0. The molecule has 2 aliphatic carbocycles. The largest absolute Gasteiger partial charge is 0.401 e. The van der Waals surface area contributed by atoms with Crippen molar-refractivity contribution in [3.05, 3.63) is 60.4 Å². The van der Waals surface area contributed by atoms with Crippen LogP contribution in [-0.4, -0.2) is 0 Å². The molecule has 2 unspecified atom stereocenters. The maximum Gasteiger partial charge on any atom is 0.0416 e. The highest BCUT2D eigenvalue weighted by atomic mass is 14.7. The molecule has 14 heavy (non-hydrogen) atoms. The predicted molar refractivity (Wildman–Crippen MR) is 60.4 cm³/mol. The quantitative estimate of drug-likeness (QED) is 0.624. The molecule has 2 N–H and O–H groups in total. The van der Waals surface area contributed by atoms with Gasteiger partial charge in [0.1, 0.15) is 0 Å². The number of allylic oxidation sites excluding steroid dienone is 8. The van der Waals surface area contributed by atoms with Gasteiger partial charge < -0.3 is 5.73 Å². The molecule has 0 fully saturated rings. The van der Waals surface area contributed by atoms with Gasteiger partial charge in [-0.2, -0.15) is 0 Å². The van der Waals surface area contributed by atoms with E-state index in [0.717, 1.165) is 5.70 Å².